The van der Waals surface area contributed by atoms with Gasteiger partial charge in [-0.15, -0.1) is 11.3 Å². The zero-order valence-corrected chi connectivity index (χ0v) is 15.9. The molecule has 0 spiro atoms. The molecule has 0 radical (unpaired) electrons. The van der Waals surface area contributed by atoms with E-state index in [-0.39, 0.29) is 15.5 Å². The van der Waals surface area contributed by atoms with Gasteiger partial charge in [0, 0.05) is 11.5 Å². The van der Waals surface area contributed by atoms with Gasteiger partial charge in [0.05, 0.1) is 23.5 Å². The molecule has 0 saturated carbocycles. The molecule has 0 atom stereocenters. The van der Waals surface area contributed by atoms with Crippen molar-refractivity contribution >= 4 is 39.2 Å². The maximum absolute atomic E-state index is 12.4. The number of nitrogens with zero attached hydrogens (tertiary/aromatic N) is 3. The van der Waals surface area contributed by atoms with E-state index in [2.05, 4.69) is 14.9 Å². The number of anilines is 1. The minimum Gasteiger partial charge on any atom is -0.857 e. The average Bonchev–Trinajstić information content (AvgIpc) is 3.24. The van der Waals surface area contributed by atoms with Crippen molar-refractivity contribution in [2.24, 2.45) is 10.2 Å². The number of nitrogens with one attached hydrogen (secondary N) is 1. The highest BCUT2D eigenvalue weighted by atomic mass is 32.2. The summed E-state index contributed by atoms with van der Waals surface area (Å²) in [5, 5.41) is 30.2. The van der Waals surface area contributed by atoms with E-state index in [0.717, 1.165) is 11.3 Å². The molecule has 3 aromatic rings. The molecule has 0 fully saturated rings. The molecule has 0 bridgehead atoms. The van der Waals surface area contributed by atoms with Gasteiger partial charge < -0.3 is 5.11 Å². The van der Waals surface area contributed by atoms with Crippen LogP contribution in [0.15, 0.2) is 80.5 Å². The van der Waals surface area contributed by atoms with E-state index in [9.17, 15) is 13.5 Å². The molecule has 0 saturated heterocycles. The SMILES string of the molecule is N#Cc1ccc(/C=N\N=C([O-])c2ccccc2NS(=O)(=O)c2cccs2)cc1. The molecule has 1 aromatic heterocycles. The Balaban J connectivity index is 1.82. The van der Waals surface area contributed by atoms with Crippen LogP contribution in [0.4, 0.5) is 5.69 Å². The third kappa shape index (κ3) is 4.62. The van der Waals surface area contributed by atoms with Crippen LogP contribution in [0, 0.1) is 11.3 Å². The Kier molecular flexibility index (Phi) is 5.84. The Morgan fingerprint density at radius 3 is 2.54 bits per heavy atom. The number of rotatable bonds is 6. The van der Waals surface area contributed by atoms with Crippen LogP contribution in [0.25, 0.3) is 0 Å². The molecule has 1 N–H and O–H groups in total. The van der Waals surface area contributed by atoms with E-state index in [1.807, 2.05) is 6.07 Å². The topological polar surface area (TPSA) is 118 Å². The van der Waals surface area contributed by atoms with Gasteiger partial charge in [-0.1, -0.05) is 36.4 Å². The number of para-hydroxylation sites is 1. The van der Waals surface area contributed by atoms with Crippen molar-refractivity contribution in [1.82, 2.24) is 0 Å². The first-order valence-corrected chi connectivity index (χ1v) is 10.3. The van der Waals surface area contributed by atoms with Crippen LogP contribution in [0.3, 0.4) is 0 Å². The van der Waals surface area contributed by atoms with Crippen molar-refractivity contribution in [3.63, 3.8) is 0 Å². The van der Waals surface area contributed by atoms with Gasteiger partial charge in [-0.2, -0.15) is 15.5 Å². The first-order valence-electron chi connectivity index (χ1n) is 7.93. The van der Waals surface area contributed by atoms with Crippen LogP contribution >= 0.6 is 11.3 Å². The van der Waals surface area contributed by atoms with Gasteiger partial charge >= 0.3 is 0 Å². The molecular formula is C19H13N4O3S2-. The summed E-state index contributed by atoms with van der Waals surface area (Å²) in [6.45, 7) is 0. The highest BCUT2D eigenvalue weighted by Crippen LogP contribution is 2.22. The van der Waals surface area contributed by atoms with Crippen LogP contribution < -0.4 is 9.83 Å². The minimum absolute atomic E-state index is 0.0830. The zero-order valence-electron chi connectivity index (χ0n) is 14.3. The second-order valence-corrected chi connectivity index (χ2v) is 8.32. The van der Waals surface area contributed by atoms with Crippen LogP contribution in [-0.4, -0.2) is 20.5 Å². The van der Waals surface area contributed by atoms with Crippen molar-refractivity contribution in [2.45, 2.75) is 4.21 Å². The summed E-state index contributed by atoms with van der Waals surface area (Å²) in [6, 6.07) is 17.9. The number of hydrogen-bond donors (Lipinski definition) is 1. The molecule has 0 aliphatic carbocycles. The Morgan fingerprint density at radius 1 is 1.11 bits per heavy atom. The largest absolute Gasteiger partial charge is 0.857 e. The summed E-state index contributed by atoms with van der Waals surface area (Å²) < 4.78 is 27.3. The van der Waals surface area contributed by atoms with Crippen molar-refractivity contribution in [3.8, 4) is 6.07 Å². The average molecular weight is 409 g/mol. The lowest BCUT2D eigenvalue weighted by Gasteiger charge is -2.15. The van der Waals surface area contributed by atoms with E-state index in [0.29, 0.717) is 11.1 Å². The highest BCUT2D eigenvalue weighted by molar-refractivity contribution is 7.94. The Morgan fingerprint density at radius 2 is 1.86 bits per heavy atom. The van der Waals surface area contributed by atoms with Gasteiger partial charge in [0.15, 0.2) is 0 Å². The highest BCUT2D eigenvalue weighted by Gasteiger charge is 2.16. The first kappa shape index (κ1) is 19.3. The molecule has 7 nitrogen and oxygen atoms in total. The van der Waals surface area contributed by atoms with Crippen LogP contribution in [-0.2, 0) is 10.0 Å². The van der Waals surface area contributed by atoms with Gasteiger partial charge in [-0.3, -0.25) is 4.72 Å². The van der Waals surface area contributed by atoms with Crippen LogP contribution in [0.2, 0.25) is 0 Å². The monoisotopic (exact) mass is 409 g/mol. The molecule has 3 rings (SSSR count). The predicted octanol–water partition coefficient (Wildman–Crippen LogP) is 2.56. The summed E-state index contributed by atoms with van der Waals surface area (Å²) in [4.78, 5) is 0. The molecule has 0 aliphatic heterocycles. The Labute approximate surface area is 166 Å². The molecule has 0 unspecified atom stereocenters. The maximum Gasteiger partial charge on any atom is 0.271 e. The normalized spacial score (nSPS) is 12.0. The second-order valence-electron chi connectivity index (χ2n) is 5.47. The molecule has 140 valence electrons. The number of thiophene rings is 1. The lowest BCUT2D eigenvalue weighted by atomic mass is 10.2. The third-order valence-corrected chi connectivity index (χ3v) is 6.32. The fraction of sp³-hybridized carbons (Fsp3) is 0. The molecule has 2 aromatic carbocycles. The lowest BCUT2D eigenvalue weighted by Crippen LogP contribution is -2.22. The van der Waals surface area contributed by atoms with Gasteiger partial charge in [0.25, 0.3) is 10.0 Å². The fourth-order valence-electron chi connectivity index (χ4n) is 2.22. The summed E-state index contributed by atoms with van der Waals surface area (Å²) in [7, 11) is -3.79. The lowest BCUT2D eigenvalue weighted by molar-refractivity contribution is -0.213. The summed E-state index contributed by atoms with van der Waals surface area (Å²) in [5.41, 5.74) is 1.39. The second kappa shape index (κ2) is 8.47. The quantitative estimate of drug-likeness (QED) is 0.382. The van der Waals surface area contributed by atoms with Gasteiger partial charge in [0.2, 0.25) is 0 Å². The van der Waals surface area contributed by atoms with Crippen molar-refractivity contribution in [3.05, 3.63) is 82.7 Å². The van der Waals surface area contributed by atoms with Crippen molar-refractivity contribution in [2.75, 3.05) is 4.72 Å². The van der Waals surface area contributed by atoms with E-state index >= 15 is 0 Å². The van der Waals surface area contributed by atoms with Gasteiger partial charge in [-0.25, -0.2) is 8.42 Å². The predicted molar refractivity (Wildman–Crippen MR) is 107 cm³/mol. The minimum atomic E-state index is -3.79. The Hall–Kier alpha value is -3.48. The zero-order chi connectivity index (χ0) is 20.0. The molecule has 0 amide bonds. The van der Waals surface area contributed by atoms with Crippen LogP contribution in [0.5, 0.6) is 0 Å². The van der Waals surface area contributed by atoms with Gasteiger partial charge in [0.1, 0.15) is 4.21 Å². The molecular weight excluding hydrogens is 396 g/mol. The summed E-state index contributed by atoms with van der Waals surface area (Å²) in [6.07, 6.45) is 1.37. The van der Waals surface area contributed by atoms with E-state index < -0.39 is 15.9 Å². The summed E-state index contributed by atoms with van der Waals surface area (Å²) >= 11 is 1.07. The molecule has 0 aliphatic rings. The molecule has 1 heterocycles. The third-order valence-electron chi connectivity index (χ3n) is 3.56. The molecule has 28 heavy (non-hydrogen) atoms. The number of hydrogen-bond acceptors (Lipinski definition) is 7. The van der Waals surface area contributed by atoms with E-state index in [1.165, 1.54) is 24.4 Å². The van der Waals surface area contributed by atoms with Crippen molar-refractivity contribution in [1.29, 1.82) is 5.26 Å². The van der Waals surface area contributed by atoms with Crippen LogP contribution in [0.1, 0.15) is 16.7 Å². The Bertz CT molecular complexity index is 1160. The molecule has 9 heteroatoms. The first-order chi connectivity index (χ1) is 13.5. The summed E-state index contributed by atoms with van der Waals surface area (Å²) in [5.74, 6) is -0.686. The van der Waals surface area contributed by atoms with E-state index in [4.69, 9.17) is 5.26 Å². The van der Waals surface area contributed by atoms with E-state index in [1.54, 1.807) is 47.8 Å². The standard InChI is InChI=1S/C19H14N4O3S2/c20-12-14-7-9-15(10-8-14)13-21-22-19(24)16-4-1-2-5-17(16)23-28(25,26)18-6-3-11-27-18/h1-11,13,23H,(H,22,24)/p-1/b21-13-. The van der Waals surface area contributed by atoms with Crippen molar-refractivity contribution < 1.29 is 13.5 Å². The smallest absolute Gasteiger partial charge is 0.271 e. The fourth-order valence-corrected chi connectivity index (χ4v) is 4.29. The number of benzene rings is 2. The number of sulfonamides is 1. The maximum atomic E-state index is 12.4. The van der Waals surface area contributed by atoms with Gasteiger partial charge in [-0.05, 0) is 35.2 Å². The number of nitriles is 1.